The minimum Gasteiger partial charge on any atom is -0.456 e. The molecule has 10 atom stereocenters. The molecule has 0 aromatic carbocycles. The van der Waals surface area contributed by atoms with E-state index in [0.717, 1.165) is 27.2 Å². The molecule has 5 unspecified atom stereocenters. The Labute approximate surface area is 232 Å². The zero-order valence-corrected chi connectivity index (χ0v) is 25.3. The predicted octanol–water partition coefficient (Wildman–Crippen LogP) is 5.54. The van der Waals surface area contributed by atoms with Crippen LogP contribution in [0, 0.1) is 34.5 Å². The Morgan fingerprint density at radius 2 is 1.39 bits per heavy atom. The number of aliphatic hydroxyl groups excluding tert-OH is 1. The molecule has 4 saturated carbocycles. The Hall–Kier alpha value is -0.650. The van der Waals surface area contributed by atoms with Gasteiger partial charge in [0.1, 0.15) is 18.2 Å². The first-order chi connectivity index (χ1) is 18.0. The zero-order chi connectivity index (χ0) is 26.9. The highest BCUT2D eigenvalue weighted by Crippen LogP contribution is 2.67. The molecule has 2 heterocycles. The third-order valence-electron chi connectivity index (χ3n) is 14.2. The molecule has 6 aliphatic rings. The van der Waals surface area contributed by atoms with E-state index >= 15 is 0 Å². The second-order valence-electron chi connectivity index (χ2n) is 16.1. The number of quaternary nitrogens is 2. The first-order valence-electron chi connectivity index (χ1n) is 16.5. The maximum Gasteiger partial charge on any atom is 0.303 e. The van der Waals surface area contributed by atoms with Crippen LogP contribution in [0.15, 0.2) is 0 Å². The topological polar surface area (TPSA) is 46.5 Å². The molecule has 5 nitrogen and oxygen atoms in total. The standard InChI is InChI=1S/C33H58N2O3/c1-23(36)38-31-28(34(4)16-8-6-9-17-34)21-27-25-13-12-24-20-30(37)29(35(5)18-10-7-11-19-35)22-33(24,3)26(25)14-15-32(27,31)2/h24-31,37H,6-22H2,1-5H3/q+2/t24-,25?,26?,27?,28?,29?,30-,31-,32-,33-/m0/s1. The molecule has 0 radical (unpaired) electrons. The molecule has 0 aromatic rings. The van der Waals surface area contributed by atoms with Crippen LogP contribution in [0.5, 0.6) is 0 Å². The van der Waals surface area contributed by atoms with Crippen molar-refractivity contribution >= 4 is 5.97 Å². The Balaban J connectivity index is 1.30. The van der Waals surface area contributed by atoms with Crippen molar-refractivity contribution in [3.63, 3.8) is 0 Å². The maximum absolute atomic E-state index is 12.5. The van der Waals surface area contributed by atoms with Crippen molar-refractivity contribution in [2.45, 2.75) is 129 Å². The SMILES string of the molecule is CC(=O)O[C@H]1C([N+]2(C)CCCCC2)CC2C3CC[C@H]4C[C@H](O)C([N+]5(C)CCCCC5)C[C@]4(C)C3CC[C@@]21C. The van der Waals surface area contributed by atoms with E-state index in [1.807, 2.05) is 0 Å². The first-order valence-corrected chi connectivity index (χ1v) is 16.5. The van der Waals surface area contributed by atoms with Gasteiger partial charge in [-0.15, -0.1) is 0 Å². The van der Waals surface area contributed by atoms with Gasteiger partial charge in [0.25, 0.3) is 0 Å². The minimum absolute atomic E-state index is 0.0679. The zero-order valence-electron chi connectivity index (χ0n) is 25.3. The van der Waals surface area contributed by atoms with Gasteiger partial charge in [-0.1, -0.05) is 13.8 Å². The number of nitrogens with zero attached hydrogens (tertiary/aromatic N) is 2. The lowest BCUT2D eigenvalue weighted by atomic mass is 9.44. The number of hydrogen-bond donors (Lipinski definition) is 1. The van der Waals surface area contributed by atoms with Crippen molar-refractivity contribution in [2.24, 2.45) is 34.5 Å². The minimum atomic E-state index is -0.130. The summed E-state index contributed by atoms with van der Waals surface area (Å²) in [5, 5.41) is 11.5. The van der Waals surface area contributed by atoms with Crippen LogP contribution in [0.4, 0.5) is 0 Å². The molecule has 0 bridgehead atoms. The lowest BCUT2D eigenvalue weighted by Gasteiger charge is -2.63. The molecule has 5 heteroatoms. The van der Waals surface area contributed by atoms with E-state index in [1.54, 1.807) is 6.92 Å². The van der Waals surface area contributed by atoms with Gasteiger partial charge in [-0.05, 0) is 99.7 Å². The summed E-state index contributed by atoms with van der Waals surface area (Å²) >= 11 is 0. The normalized spacial score (nSPS) is 49.8. The van der Waals surface area contributed by atoms with Crippen LogP contribution in [0.2, 0.25) is 0 Å². The van der Waals surface area contributed by atoms with Crippen LogP contribution in [-0.2, 0) is 9.53 Å². The first kappa shape index (κ1) is 27.5. The van der Waals surface area contributed by atoms with Crippen molar-refractivity contribution in [2.75, 3.05) is 40.3 Å². The van der Waals surface area contributed by atoms with Crippen LogP contribution < -0.4 is 0 Å². The van der Waals surface area contributed by atoms with Crippen molar-refractivity contribution in [1.29, 1.82) is 0 Å². The summed E-state index contributed by atoms with van der Waals surface area (Å²) in [5.41, 5.74) is 0.448. The lowest BCUT2D eigenvalue weighted by Crippen LogP contribution is -2.66. The summed E-state index contributed by atoms with van der Waals surface area (Å²) in [5.74, 6) is 2.76. The number of ether oxygens (including phenoxy) is 1. The number of fused-ring (bicyclic) bond motifs is 5. The van der Waals surface area contributed by atoms with Gasteiger partial charge in [-0.25, -0.2) is 0 Å². The molecule has 0 amide bonds. The molecule has 4 aliphatic carbocycles. The van der Waals surface area contributed by atoms with Crippen molar-refractivity contribution < 1.29 is 23.6 Å². The Bertz CT molecular complexity index is 895. The Morgan fingerprint density at radius 1 is 0.789 bits per heavy atom. The summed E-state index contributed by atoms with van der Waals surface area (Å²) in [4.78, 5) is 12.5. The number of esters is 1. The third-order valence-corrected chi connectivity index (χ3v) is 14.2. The Morgan fingerprint density at radius 3 is 2.00 bits per heavy atom. The van der Waals surface area contributed by atoms with Crippen molar-refractivity contribution in [3.05, 3.63) is 0 Å². The maximum atomic E-state index is 12.5. The largest absolute Gasteiger partial charge is 0.456 e. The molecule has 0 aromatic heterocycles. The van der Waals surface area contributed by atoms with E-state index in [9.17, 15) is 9.90 Å². The number of piperidine rings is 2. The summed E-state index contributed by atoms with van der Waals surface area (Å²) < 4.78 is 8.58. The number of aliphatic hydroxyl groups is 1. The van der Waals surface area contributed by atoms with Crippen molar-refractivity contribution in [3.8, 4) is 0 Å². The number of hydrogen-bond acceptors (Lipinski definition) is 3. The van der Waals surface area contributed by atoms with E-state index in [1.165, 1.54) is 103 Å². The molecule has 6 rings (SSSR count). The number of carbonyl (C=O) groups is 1. The quantitative estimate of drug-likeness (QED) is 0.385. The van der Waals surface area contributed by atoms with Gasteiger partial charge < -0.3 is 18.8 Å². The molecular formula is C33H58N2O3+2. The smallest absolute Gasteiger partial charge is 0.303 e. The van der Waals surface area contributed by atoms with Crippen LogP contribution in [-0.4, -0.2) is 84.6 Å². The highest BCUT2D eigenvalue weighted by Gasteiger charge is 2.67. The molecule has 38 heavy (non-hydrogen) atoms. The van der Waals surface area contributed by atoms with Crippen LogP contribution in [0.25, 0.3) is 0 Å². The lowest BCUT2D eigenvalue weighted by molar-refractivity contribution is -0.943. The number of likely N-dealkylation sites (tertiary alicyclic amines) is 2. The fourth-order valence-corrected chi connectivity index (χ4v) is 12.0. The van der Waals surface area contributed by atoms with E-state index < -0.39 is 0 Å². The van der Waals surface area contributed by atoms with Crippen LogP contribution in [0.1, 0.15) is 104 Å². The van der Waals surface area contributed by atoms with Gasteiger partial charge >= 0.3 is 5.97 Å². The van der Waals surface area contributed by atoms with E-state index in [0.29, 0.717) is 29.3 Å². The predicted molar refractivity (Wildman–Crippen MR) is 151 cm³/mol. The molecule has 0 spiro atoms. The molecule has 2 aliphatic heterocycles. The number of likely N-dealkylation sites (N-methyl/N-ethyl adjacent to an activating group) is 2. The molecule has 2 saturated heterocycles. The highest BCUT2D eigenvalue weighted by atomic mass is 16.5. The van der Waals surface area contributed by atoms with E-state index in [-0.39, 0.29) is 23.6 Å². The fourth-order valence-electron chi connectivity index (χ4n) is 12.0. The Kier molecular flexibility index (Phi) is 7.04. The monoisotopic (exact) mass is 530 g/mol. The van der Waals surface area contributed by atoms with Gasteiger partial charge in [0.2, 0.25) is 0 Å². The van der Waals surface area contributed by atoms with E-state index in [2.05, 4.69) is 27.9 Å². The van der Waals surface area contributed by atoms with Crippen LogP contribution in [0.3, 0.4) is 0 Å². The third kappa shape index (κ3) is 4.23. The summed E-state index contributed by atoms with van der Waals surface area (Å²) in [6.07, 6.45) is 16.5. The molecule has 6 fully saturated rings. The second kappa shape index (κ2) is 9.72. The fraction of sp³-hybridized carbons (Fsp3) is 0.970. The number of carbonyl (C=O) groups excluding carboxylic acids is 1. The van der Waals surface area contributed by atoms with Crippen LogP contribution >= 0.6 is 0 Å². The van der Waals surface area contributed by atoms with E-state index in [4.69, 9.17) is 4.74 Å². The van der Waals surface area contributed by atoms with Gasteiger partial charge in [-0.2, -0.15) is 0 Å². The number of rotatable bonds is 3. The summed E-state index contributed by atoms with van der Waals surface area (Å²) in [6, 6.07) is 0.865. The van der Waals surface area contributed by atoms with Gasteiger partial charge in [0.15, 0.2) is 6.10 Å². The average Bonchev–Trinajstić information content (AvgIpc) is 3.17. The van der Waals surface area contributed by atoms with Gasteiger partial charge in [0, 0.05) is 25.2 Å². The molecule has 1 N–H and O–H groups in total. The summed E-state index contributed by atoms with van der Waals surface area (Å²) in [6.45, 7) is 11.8. The molecular weight excluding hydrogens is 472 g/mol. The van der Waals surface area contributed by atoms with Gasteiger partial charge in [0.05, 0.1) is 40.3 Å². The summed E-state index contributed by atoms with van der Waals surface area (Å²) in [7, 11) is 4.94. The molecule has 216 valence electrons. The average molecular weight is 531 g/mol. The highest BCUT2D eigenvalue weighted by molar-refractivity contribution is 5.66. The van der Waals surface area contributed by atoms with Gasteiger partial charge in [-0.3, -0.25) is 4.79 Å². The van der Waals surface area contributed by atoms with Crippen molar-refractivity contribution in [1.82, 2.24) is 0 Å². The second-order valence-corrected chi connectivity index (χ2v) is 16.1.